The zero-order chi connectivity index (χ0) is 8.86. The van der Waals surface area contributed by atoms with Crippen molar-refractivity contribution in [2.75, 3.05) is 24.6 Å². The van der Waals surface area contributed by atoms with Crippen molar-refractivity contribution < 1.29 is 24.0 Å². The van der Waals surface area contributed by atoms with Crippen LogP contribution in [0.4, 0.5) is 0 Å². The minimum Gasteiger partial charge on any atom is -1.00 e. The van der Waals surface area contributed by atoms with Gasteiger partial charge in [0.2, 0.25) is 0 Å². The first kappa shape index (κ1) is 14.2. The third-order valence-electron chi connectivity index (χ3n) is 3.42. The van der Waals surface area contributed by atoms with E-state index in [1.807, 2.05) is 0 Å². The molecule has 0 aromatic rings. The van der Waals surface area contributed by atoms with Crippen LogP contribution in [0.25, 0.3) is 0 Å². The molecule has 13 heavy (non-hydrogen) atoms. The van der Waals surface area contributed by atoms with Gasteiger partial charge in [-0.2, -0.15) is 0 Å². The van der Waals surface area contributed by atoms with Crippen molar-refractivity contribution >= 4 is 7.26 Å². The SMILES string of the molecule is CCCC[P+]1(CC)CCCCC1.[I-]. The maximum absolute atomic E-state index is 2.44. The van der Waals surface area contributed by atoms with Gasteiger partial charge in [0.1, 0.15) is 0 Å². The fourth-order valence-corrected chi connectivity index (χ4v) is 6.77. The quantitative estimate of drug-likeness (QED) is 0.537. The first-order valence-electron chi connectivity index (χ1n) is 5.68. The van der Waals surface area contributed by atoms with E-state index in [1.165, 1.54) is 25.4 Å². The van der Waals surface area contributed by atoms with Crippen molar-refractivity contribution in [1.82, 2.24) is 0 Å². The molecule has 1 fully saturated rings. The molecule has 0 N–H and O–H groups in total. The molecular formula is C11H24IP. The van der Waals surface area contributed by atoms with Gasteiger partial charge in [-0.3, -0.25) is 0 Å². The van der Waals surface area contributed by atoms with Gasteiger partial charge in [-0.25, -0.2) is 0 Å². The molecule has 0 unspecified atom stereocenters. The minimum atomic E-state index is -0.388. The molecule has 0 bridgehead atoms. The van der Waals surface area contributed by atoms with Crippen molar-refractivity contribution in [3.8, 4) is 0 Å². The summed E-state index contributed by atoms with van der Waals surface area (Å²) in [7, 11) is -0.388. The van der Waals surface area contributed by atoms with Crippen LogP contribution >= 0.6 is 7.26 Å². The van der Waals surface area contributed by atoms with Gasteiger partial charge in [0, 0.05) is 7.26 Å². The molecule has 0 nitrogen and oxygen atoms in total. The maximum Gasteiger partial charge on any atom is 0.0594 e. The largest absolute Gasteiger partial charge is 1.00 e. The van der Waals surface area contributed by atoms with Crippen molar-refractivity contribution in [2.45, 2.75) is 46.0 Å². The third-order valence-corrected chi connectivity index (χ3v) is 8.56. The summed E-state index contributed by atoms with van der Waals surface area (Å²) < 4.78 is 0. The summed E-state index contributed by atoms with van der Waals surface area (Å²) in [5.74, 6) is 0. The van der Waals surface area contributed by atoms with E-state index in [1.54, 1.807) is 31.3 Å². The standard InChI is InChI=1S/C11H24P.HI/c1-3-5-9-12(4-2)10-7-6-8-11-12;/h3-11H2,1-2H3;1H/q+1;/p-1. The molecule has 0 aromatic carbocycles. The lowest BCUT2D eigenvalue weighted by atomic mass is 10.3. The minimum absolute atomic E-state index is 0. The molecule has 0 aromatic heterocycles. The average Bonchev–Trinajstić information content (AvgIpc) is 2.16. The Morgan fingerprint density at radius 1 is 1.00 bits per heavy atom. The van der Waals surface area contributed by atoms with Gasteiger partial charge in [0.25, 0.3) is 0 Å². The van der Waals surface area contributed by atoms with E-state index in [0.29, 0.717) is 0 Å². The van der Waals surface area contributed by atoms with Gasteiger partial charge in [-0.1, -0.05) is 13.3 Å². The summed E-state index contributed by atoms with van der Waals surface area (Å²) in [5.41, 5.74) is 0. The molecule has 0 aliphatic carbocycles. The molecular weight excluding hydrogens is 290 g/mol. The highest BCUT2D eigenvalue weighted by atomic mass is 127. The molecule has 1 heterocycles. The molecule has 0 spiro atoms. The van der Waals surface area contributed by atoms with E-state index in [0.717, 1.165) is 0 Å². The van der Waals surface area contributed by atoms with E-state index >= 15 is 0 Å². The lowest BCUT2D eigenvalue weighted by molar-refractivity contribution is -0.00000277. The van der Waals surface area contributed by atoms with Crippen molar-refractivity contribution in [3.63, 3.8) is 0 Å². The number of hydrogen-bond acceptors (Lipinski definition) is 0. The van der Waals surface area contributed by atoms with Crippen LogP contribution in [0.15, 0.2) is 0 Å². The van der Waals surface area contributed by atoms with Crippen LogP contribution < -0.4 is 24.0 Å². The summed E-state index contributed by atoms with van der Waals surface area (Å²) >= 11 is 0. The predicted molar refractivity (Wildman–Crippen MR) is 60.8 cm³/mol. The first-order chi connectivity index (χ1) is 5.83. The highest BCUT2D eigenvalue weighted by Crippen LogP contribution is 2.62. The average molecular weight is 314 g/mol. The fraction of sp³-hybridized carbons (Fsp3) is 1.00. The van der Waals surface area contributed by atoms with E-state index < -0.39 is 0 Å². The molecule has 1 aliphatic rings. The molecule has 0 amide bonds. The summed E-state index contributed by atoms with van der Waals surface area (Å²) in [5, 5.41) is 0. The number of halogens is 1. The van der Waals surface area contributed by atoms with Crippen molar-refractivity contribution in [3.05, 3.63) is 0 Å². The molecule has 1 saturated heterocycles. The Labute approximate surface area is 102 Å². The molecule has 1 rings (SSSR count). The second-order valence-electron chi connectivity index (χ2n) is 4.24. The van der Waals surface area contributed by atoms with Crippen molar-refractivity contribution in [2.24, 2.45) is 0 Å². The Bertz CT molecular complexity index is 119. The maximum atomic E-state index is 2.44. The smallest absolute Gasteiger partial charge is 0.0594 e. The monoisotopic (exact) mass is 314 g/mol. The molecule has 80 valence electrons. The second kappa shape index (κ2) is 7.45. The summed E-state index contributed by atoms with van der Waals surface area (Å²) in [4.78, 5) is 0. The molecule has 2 heteroatoms. The summed E-state index contributed by atoms with van der Waals surface area (Å²) in [6.07, 6.45) is 13.9. The second-order valence-corrected chi connectivity index (χ2v) is 8.90. The van der Waals surface area contributed by atoms with Gasteiger partial charge in [-0.05, 0) is 32.6 Å². The van der Waals surface area contributed by atoms with Gasteiger partial charge in [0.15, 0.2) is 0 Å². The van der Waals surface area contributed by atoms with Crippen molar-refractivity contribution in [1.29, 1.82) is 0 Å². The molecule has 1 aliphatic heterocycles. The van der Waals surface area contributed by atoms with Crippen LogP contribution in [0.3, 0.4) is 0 Å². The van der Waals surface area contributed by atoms with E-state index in [2.05, 4.69) is 13.8 Å². The number of rotatable bonds is 4. The van der Waals surface area contributed by atoms with E-state index in [-0.39, 0.29) is 31.2 Å². The van der Waals surface area contributed by atoms with E-state index in [9.17, 15) is 0 Å². The lowest BCUT2D eigenvalue weighted by Gasteiger charge is -2.29. The molecule has 0 atom stereocenters. The Balaban J connectivity index is 0.00000144. The number of unbranched alkanes of at least 4 members (excludes halogenated alkanes) is 1. The van der Waals surface area contributed by atoms with Crippen LogP contribution in [0.2, 0.25) is 0 Å². The predicted octanol–water partition coefficient (Wildman–Crippen LogP) is 1.01. The molecule has 0 saturated carbocycles. The zero-order valence-electron chi connectivity index (χ0n) is 9.19. The highest BCUT2D eigenvalue weighted by molar-refractivity contribution is 7.75. The van der Waals surface area contributed by atoms with E-state index in [4.69, 9.17) is 0 Å². The van der Waals surface area contributed by atoms with Crippen LogP contribution in [-0.4, -0.2) is 24.6 Å². The third kappa shape index (κ3) is 4.46. The Morgan fingerprint density at radius 3 is 2.08 bits per heavy atom. The van der Waals surface area contributed by atoms with Crippen LogP contribution in [0.1, 0.15) is 46.0 Å². The lowest BCUT2D eigenvalue weighted by Crippen LogP contribution is -3.00. The van der Waals surface area contributed by atoms with Crippen LogP contribution in [-0.2, 0) is 0 Å². The van der Waals surface area contributed by atoms with Gasteiger partial charge in [0.05, 0.1) is 24.6 Å². The Hall–Kier alpha value is 1.16. The van der Waals surface area contributed by atoms with Crippen LogP contribution in [0.5, 0.6) is 0 Å². The topological polar surface area (TPSA) is 0 Å². The summed E-state index contributed by atoms with van der Waals surface area (Å²) in [6, 6.07) is 0. The Morgan fingerprint density at radius 2 is 1.62 bits per heavy atom. The first-order valence-corrected chi connectivity index (χ1v) is 8.21. The van der Waals surface area contributed by atoms with Gasteiger partial charge in [-0.15, -0.1) is 0 Å². The number of hydrogen-bond donors (Lipinski definition) is 0. The fourth-order valence-electron chi connectivity index (χ4n) is 2.37. The zero-order valence-corrected chi connectivity index (χ0v) is 12.2. The van der Waals surface area contributed by atoms with Gasteiger partial charge >= 0.3 is 0 Å². The normalized spacial score (nSPS) is 20.8. The highest BCUT2D eigenvalue weighted by Gasteiger charge is 2.35. The Kier molecular flexibility index (Phi) is 8.12. The summed E-state index contributed by atoms with van der Waals surface area (Å²) in [6.45, 7) is 4.77. The van der Waals surface area contributed by atoms with Crippen LogP contribution in [0, 0.1) is 0 Å². The van der Waals surface area contributed by atoms with Gasteiger partial charge < -0.3 is 24.0 Å². The molecule has 0 radical (unpaired) electrons.